The molecular formula is C14H29NO2. The zero-order valence-electron chi connectivity index (χ0n) is 11.5. The second-order valence-corrected chi connectivity index (χ2v) is 5.53. The molecular weight excluding hydrogens is 214 g/mol. The summed E-state index contributed by atoms with van der Waals surface area (Å²) in [7, 11) is 0. The van der Waals surface area contributed by atoms with E-state index in [-0.39, 0.29) is 12.1 Å². The van der Waals surface area contributed by atoms with Crippen LogP contribution in [0.25, 0.3) is 0 Å². The predicted molar refractivity (Wildman–Crippen MR) is 71.2 cm³/mol. The van der Waals surface area contributed by atoms with Crippen LogP contribution in [0.2, 0.25) is 0 Å². The molecule has 1 unspecified atom stereocenters. The topological polar surface area (TPSA) is 41.5 Å². The molecule has 3 heteroatoms. The lowest BCUT2D eigenvalue weighted by Crippen LogP contribution is -2.47. The molecule has 1 saturated carbocycles. The molecule has 0 amide bonds. The molecule has 2 N–H and O–H groups in total. The molecule has 0 spiro atoms. The van der Waals surface area contributed by atoms with E-state index in [2.05, 4.69) is 19.2 Å². The summed E-state index contributed by atoms with van der Waals surface area (Å²) in [6.07, 6.45) is 8.89. The van der Waals surface area contributed by atoms with E-state index in [0.29, 0.717) is 6.10 Å². The van der Waals surface area contributed by atoms with Gasteiger partial charge in [-0.25, -0.2) is 0 Å². The molecule has 0 bridgehead atoms. The molecule has 0 aliphatic heterocycles. The molecule has 17 heavy (non-hydrogen) atoms. The maximum atomic E-state index is 9.43. The first-order valence-electron chi connectivity index (χ1n) is 7.17. The average molecular weight is 243 g/mol. The van der Waals surface area contributed by atoms with Gasteiger partial charge in [-0.1, -0.05) is 26.2 Å². The Labute approximate surface area is 106 Å². The highest BCUT2D eigenvalue weighted by Crippen LogP contribution is 2.21. The second kappa shape index (κ2) is 8.06. The molecule has 0 heterocycles. The summed E-state index contributed by atoms with van der Waals surface area (Å²) in [6.45, 7) is 6.12. The van der Waals surface area contributed by atoms with E-state index in [0.717, 1.165) is 26.0 Å². The van der Waals surface area contributed by atoms with E-state index in [1.807, 2.05) is 0 Å². The number of rotatable bonds is 8. The maximum Gasteiger partial charge on any atom is 0.0611 e. The maximum absolute atomic E-state index is 9.43. The summed E-state index contributed by atoms with van der Waals surface area (Å²) in [6, 6.07) is 0. The molecule has 0 aromatic heterocycles. The molecule has 1 rings (SSSR count). The SMILES string of the molecule is CCCNC(C)(CO)CCOC1CCCCC1. The molecule has 1 aliphatic carbocycles. The van der Waals surface area contributed by atoms with E-state index in [1.165, 1.54) is 32.1 Å². The minimum Gasteiger partial charge on any atom is -0.394 e. The standard InChI is InChI=1S/C14H29NO2/c1-3-10-15-14(2,12-16)9-11-17-13-7-5-4-6-8-13/h13,15-16H,3-12H2,1-2H3. The van der Waals surface area contributed by atoms with Gasteiger partial charge in [-0.2, -0.15) is 0 Å². The van der Waals surface area contributed by atoms with Crippen molar-refractivity contribution in [2.24, 2.45) is 0 Å². The average Bonchev–Trinajstić information content (AvgIpc) is 2.38. The molecule has 3 nitrogen and oxygen atoms in total. The lowest BCUT2D eigenvalue weighted by atomic mass is 9.97. The van der Waals surface area contributed by atoms with Crippen LogP contribution in [0.1, 0.15) is 58.8 Å². The number of aliphatic hydroxyl groups excluding tert-OH is 1. The number of aliphatic hydroxyl groups is 1. The first kappa shape index (κ1) is 14.9. The fourth-order valence-corrected chi connectivity index (χ4v) is 2.33. The van der Waals surface area contributed by atoms with Gasteiger partial charge in [0.15, 0.2) is 0 Å². The fraction of sp³-hybridized carbons (Fsp3) is 1.00. The Hall–Kier alpha value is -0.120. The number of ether oxygens (including phenoxy) is 1. The molecule has 102 valence electrons. The molecule has 0 saturated heterocycles. The summed E-state index contributed by atoms with van der Waals surface area (Å²) in [5.41, 5.74) is -0.176. The van der Waals surface area contributed by atoms with Crippen molar-refractivity contribution in [2.75, 3.05) is 19.8 Å². The van der Waals surface area contributed by atoms with E-state index in [1.54, 1.807) is 0 Å². The highest BCUT2D eigenvalue weighted by atomic mass is 16.5. The van der Waals surface area contributed by atoms with Gasteiger partial charge in [-0.15, -0.1) is 0 Å². The molecule has 0 radical (unpaired) electrons. The molecule has 1 aliphatic rings. The van der Waals surface area contributed by atoms with Gasteiger partial charge in [0, 0.05) is 12.1 Å². The van der Waals surface area contributed by atoms with Crippen LogP contribution in [0.5, 0.6) is 0 Å². The summed E-state index contributed by atoms with van der Waals surface area (Å²) in [5.74, 6) is 0. The summed E-state index contributed by atoms with van der Waals surface area (Å²) >= 11 is 0. The zero-order valence-corrected chi connectivity index (χ0v) is 11.5. The van der Waals surface area contributed by atoms with E-state index < -0.39 is 0 Å². The van der Waals surface area contributed by atoms with E-state index in [4.69, 9.17) is 4.74 Å². The third-order valence-corrected chi connectivity index (χ3v) is 3.71. The first-order valence-corrected chi connectivity index (χ1v) is 7.17. The van der Waals surface area contributed by atoms with Gasteiger partial charge in [-0.05, 0) is 39.2 Å². The minimum absolute atomic E-state index is 0.176. The summed E-state index contributed by atoms with van der Waals surface area (Å²) in [5, 5.41) is 12.8. The molecule has 1 fully saturated rings. The molecule has 1 atom stereocenters. The van der Waals surface area contributed by atoms with Crippen molar-refractivity contribution in [1.82, 2.24) is 5.32 Å². The van der Waals surface area contributed by atoms with Crippen LogP contribution in [0.3, 0.4) is 0 Å². The van der Waals surface area contributed by atoms with E-state index in [9.17, 15) is 5.11 Å². The van der Waals surface area contributed by atoms with Crippen molar-refractivity contribution in [3.8, 4) is 0 Å². The first-order chi connectivity index (χ1) is 8.20. The molecule has 0 aromatic carbocycles. The van der Waals surface area contributed by atoms with Gasteiger partial charge < -0.3 is 15.2 Å². The third-order valence-electron chi connectivity index (χ3n) is 3.71. The third kappa shape index (κ3) is 5.84. The van der Waals surface area contributed by atoms with Gasteiger partial charge in [0.25, 0.3) is 0 Å². The van der Waals surface area contributed by atoms with Gasteiger partial charge >= 0.3 is 0 Å². The van der Waals surface area contributed by atoms with E-state index >= 15 is 0 Å². The highest BCUT2D eigenvalue weighted by Gasteiger charge is 2.23. The van der Waals surface area contributed by atoms with Crippen molar-refractivity contribution in [1.29, 1.82) is 0 Å². The largest absolute Gasteiger partial charge is 0.394 e. The Bertz CT molecular complexity index is 193. The van der Waals surface area contributed by atoms with Crippen molar-refractivity contribution in [3.05, 3.63) is 0 Å². The summed E-state index contributed by atoms with van der Waals surface area (Å²) < 4.78 is 5.91. The highest BCUT2D eigenvalue weighted by molar-refractivity contribution is 4.82. The lowest BCUT2D eigenvalue weighted by molar-refractivity contribution is 0.0113. The minimum atomic E-state index is -0.176. The predicted octanol–water partition coefficient (Wildman–Crippen LogP) is 2.48. The molecule has 0 aromatic rings. The van der Waals surface area contributed by atoms with Crippen LogP contribution in [0.4, 0.5) is 0 Å². The van der Waals surface area contributed by atoms with Crippen LogP contribution >= 0.6 is 0 Å². The number of hydrogen-bond acceptors (Lipinski definition) is 3. The van der Waals surface area contributed by atoms with Crippen molar-refractivity contribution < 1.29 is 9.84 Å². The Kier molecular flexibility index (Phi) is 7.09. The van der Waals surface area contributed by atoms with Gasteiger partial charge in [0.2, 0.25) is 0 Å². The monoisotopic (exact) mass is 243 g/mol. The Balaban J connectivity index is 2.17. The van der Waals surface area contributed by atoms with Crippen molar-refractivity contribution in [3.63, 3.8) is 0 Å². The zero-order chi connectivity index (χ0) is 12.6. The van der Waals surface area contributed by atoms with Crippen LogP contribution in [-0.4, -0.2) is 36.5 Å². The van der Waals surface area contributed by atoms with Crippen molar-refractivity contribution in [2.45, 2.75) is 70.4 Å². The van der Waals surface area contributed by atoms with Crippen LogP contribution in [0.15, 0.2) is 0 Å². The Morgan fingerprint density at radius 2 is 2.00 bits per heavy atom. The fourth-order valence-electron chi connectivity index (χ4n) is 2.33. The summed E-state index contributed by atoms with van der Waals surface area (Å²) in [4.78, 5) is 0. The van der Waals surface area contributed by atoms with Gasteiger partial charge in [0.05, 0.1) is 12.7 Å². The van der Waals surface area contributed by atoms with Gasteiger partial charge in [0.1, 0.15) is 0 Å². The Morgan fingerprint density at radius 1 is 1.29 bits per heavy atom. The number of hydrogen-bond donors (Lipinski definition) is 2. The van der Waals surface area contributed by atoms with Crippen LogP contribution < -0.4 is 5.32 Å². The normalized spacial score (nSPS) is 21.4. The van der Waals surface area contributed by atoms with Crippen LogP contribution in [-0.2, 0) is 4.74 Å². The van der Waals surface area contributed by atoms with Gasteiger partial charge in [-0.3, -0.25) is 0 Å². The second-order valence-electron chi connectivity index (χ2n) is 5.53. The van der Waals surface area contributed by atoms with Crippen molar-refractivity contribution >= 4 is 0 Å². The smallest absolute Gasteiger partial charge is 0.0611 e. The lowest BCUT2D eigenvalue weighted by Gasteiger charge is -2.30. The van der Waals surface area contributed by atoms with Crippen LogP contribution in [0, 0.1) is 0 Å². The Morgan fingerprint density at radius 3 is 2.59 bits per heavy atom. The number of nitrogens with one attached hydrogen (secondary N) is 1. The quantitative estimate of drug-likeness (QED) is 0.688.